The van der Waals surface area contributed by atoms with Crippen LogP contribution < -0.4 is 0 Å². The number of hydrogen-bond donors (Lipinski definition) is 0. The maximum absolute atomic E-state index is 13.8. The van der Waals surface area contributed by atoms with Gasteiger partial charge in [0.25, 0.3) is 0 Å². The molecule has 3 aromatic rings. The first-order valence-corrected chi connectivity index (χ1v) is 7.73. The fourth-order valence-electron chi connectivity index (χ4n) is 2.27. The predicted octanol–water partition coefficient (Wildman–Crippen LogP) is 4.30. The Kier molecular flexibility index (Phi) is 4.39. The van der Waals surface area contributed by atoms with Crippen molar-refractivity contribution in [2.75, 3.05) is 0 Å². The molecule has 0 amide bonds. The van der Waals surface area contributed by atoms with Gasteiger partial charge in [-0.2, -0.15) is 4.80 Å². The van der Waals surface area contributed by atoms with E-state index in [4.69, 9.17) is 11.6 Å². The molecule has 0 fully saturated rings. The van der Waals surface area contributed by atoms with Gasteiger partial charge in [0.2, 0.25) is 5.82 Å². The summed E-state index contributed by atoms with van der Waals surface area (Å²) in [4.78, 5) is 1.34. The van der Waals surface area contributed by atoms with Gasteiger partial charge in [-0.15, -0.1) is 10.2 Å². The molecule has 3 rings (SSSR count). The average Bonchev–Trinajstić information content (AvgIpc) is 3.00. The van der Waals surface area contributed by atoms with Crippen LogP contribution in [-0.2, 0) is 6.54 Å². The largest absolute Gasteiger partial charge is 0.207 e. The van der Waals surface area contributed by atoms with E-state index >= 15 is 0 Å². The first-order valence-electron chi connectivity index (χ1n) is 7.35. The van der Waals surface area contributed by atoms with Gasteiger partial charge in [0.15, 0.2) is 0 Å². The van der Waals surface area contributed by atoms with Crippen LogP contribution in [0.15, 0.2) is 42.5 Å². The predicted molar refractivity (Wildman–Crippen MR) is 87.9 cm³/mol. The molecule has 118 valence electrons. The Hall–Kier alpha value is -2.27. The van der Waals surface area contributed by atoms with Gasteiger partial charge in [0.1, 0.15) is 5.82 Å². The minimum atomic E-state index is -0.377. The second-order valence-electron chi connectivity index (χ2n) is 5.62. The molecule has 0 aliphatic rings. The third kappa shape index (κ3) is 3.40. The minimum Gasteiger partial charge on any atom is -0.207 e. The number of benzene rings is 2. The maximum Gasteiger partial charge on any atom is 0.204 e. The van der Waals surface area contributed by atoms with Crippen molar-refractivity contribution in [1.82, 2.24) is 20.2 Å². The Morgan fingerprint density at radius 3 is 2.52 bits per heavy atom. The van der Waals surface area contributed by atoms with Crippen LogP contribution in [0.25, 0.3) is 11.4 Å². The molecular formula is C17H16ClFN4. The summed E-state index contributed by atoms with van der Waals surface area (Å²) in [5.74, 6) is 0.598. The fourth-order valence-corrected chi connectivity index (χ4v) is 2.49. The lowest BCUT2D eigenvalue weighted by atomic mass is 10.0. The van der Waals surface area contributed by atoms with Gasteiger partial charge in [-0.25, -0.2) is 4.39 Å². The van der Waals surface area contributed by atoms with Crippen molar-refractivity contribution in [3.8, 4) is 11.4 Å². The third-order valence-electron chi connectivity index (χ3n) is 3.65. The molecule has 0 saturated carbocycles. The molecule has 0 unspecified atom stereocenters. The van der Waals surface area contributed by atoms with Crippen molar-refractivity contribution < 1.29 is 4.39 Å². The molecule has 0 bridgehead atoms. The topological polar surface area (TPSA) is 43.6 Å². The summed E-state index contributed by atoms with van der Waals surface area (Å²) in [6.45, 7) is 4.42. The Morgan fingerprint density at radius 1 is 1.13 bits per heavy atom. The Morgan fingerprint density at radius 2 is 1.87 bits per heavy atom. The van der Waals surface area contributed by atoms with Crippen LogP contribution in [0.3, 0.4) is 0 Å². The minimum absolute atomic E-state index is 0.141. The lowest BCUT2D eigenvalue weighted by Crippen LogP contribution is -2.06. The molecular weight excluding hydrogens is 315 g/mol. The van der Waals surface area contributed by atoms with E-state index in [-0.39, 0.29) is 12.4 Å². The monoisotopic (exact) mass is 330 g/mol. The molecule has 0 spiro atoms. The molecule has 0 aliphatic heterocycles. The summed E-state index contributed by atoms with van der Waals surface area (Å²) in [6, 6.07) is 12.6. The second-order valence-corrected chi connectivity index (χ2v) is 6.03. The molecule has 0 saturated heterocycles. The summed E-state index contributed by atoms with van der Waals surface area (Å²) in [7, 11) is 0. The number of aromatic nitrogens is 4. The number of nitrogens with zero attached hydrogens (tertiary/aromatic N) is 4. The van der Waals surface area contributed by atoms with Crippen molar-refractivity contribution >= 4 is 11.6 Å². The van der Waals surface area contributed by atoms with Crippen LogP contribution in [0.4, 0.5) is 4.39 Å². The highest BCUT2D eigenvalue weighted by atomic mass is 35.5. The van der Waals surface area contributed by atoms with E-state index < -0.39 is 0 Å². The zero-order valence-corrected chi connectivity index (χ0v) is 13.6. The average molecular weight is 331 g/mol. The van der Waals surface area contributed by atoms with Crippen molar-refractivity contribution in [2.24, 2.45) is 0 Å². The maximum atomic E-state index is 13.8. The molecule has 0 atom stereocenters. The van der Waals surface area contributed by atoms with Gasteiger partial charge >= 0.3 is 0 Å². The number of rotatable bonds is 4. The molecule has 2 aromatic carbocycles. The Labute approximate surface area is 138 Å². The Bertz CT molecular complexity index is 791. The molecule has 4 nitrogen and oxygen atoms in total. The quantitative estimate of drug-likeness (QED) is 0.716. The molecule has 0 radical (unpaired) electrons. The van der Waals surface area contributed by atoms with Gasteiger partial charge in [-0.1, -0.05) is 55.8 Å². The lowest BCUT2D eigenvalue weighted by molar-refractivity contribution is 0.539. The van der Waals surface area contributed by atoms with Crippen LogP contribution in [0.2, 0.25) is 5.02 Å². The van der Waals surface area contributed by atoms with Crippen LogP contribution in [0.1, 0.15) is 30.9 Å². The molecule has 1 aromatic heterocycles. The van der Waals surface area contributed by atoms with E-state index in [9.17, 15) is 4.39 Å². The molecule has 0 aliphatic carbocycles. The third-order valence-corrected chi connectivity index (χ3v) is 4.00. The van der Waals surface area contributed by atoms with E-state index in [0.29, 0.717) is 22.3 Å². The van der Waals surface area contributed by atoms with Crippen LogP contribution in [0, 0.1) is 5.82 Å². The van der Waals surface area contributed by atoms with Gasteiger partial charge in [0, 0.05) is 16.1 Å². The Balaban J connectivity index is 1.83. The SMILES string of the molecule is CC(C)c1ccc(-c2nnn(Cc3c(F)cccc3Cl)n2)cc1. The lowest BCUT2D eigenvalue weighted by Gasteiger charge is -2.05. The zero-order chi connectivity index (χ0) is 16.4. The van der Waals surface area contributed by atoms with Crippen molar-refractivity contribution in [1.29, 1.82) is 0 Å². The van der Waals surface area contributed by atoms with Crippen LogP contribution >= 0.6 is 11.6 Å². The normalized spacial score (nSPS) is 11.2. The van der Waals surface area contributed by atoms with Crippen LogP contribution in [-0.4, -0.2) is 20.2 Å². The van der Waals surface area contributed by atoms with Crippen molar-refractivity contribution in [3.05, 3.63) is 64.4 Å². The number of tetrazole rings is 1. The number of halogens is 2. The summed E-state index contributed by atoms with van der Waals surface area (Å²) in [6.07, 6.45) is 0. The van der Waals surface area contributed by atoms with E-state index in [1.165, 1.54) is 16.4 Å². The smallest absolute Gasteiger partial charge is 0.204 e. The van der Waals surface area contributed by atoms with E-state index in [0.717, 1.165) is 5.56 Å². The molecule has 23 heavy (non-hydrogen) atoms. The molecule has 6 heteroatoms. The van der Waals surface area contributed by atoms with Gasteiger partial charge in [-0.3, -0.25) is 0 Å². The second kappa shape index (κ2) is 6.46. The first-order chi connectivity index (χ1) is 11.0. The molecule has 0 N–H and O–H groups in total. The zero-order valence-electron chi connectivity index (χ0n) is 12.9. The van der Waals surface area contributed by atoms with E-state index in [2.05, 4.69) is 41.4 Å². The van der Waals surface area contributed by atoms with Crippen LogP contribution in [0.5, 0.6) is 0 Å². The van der Waals surface area contributed by atoms with E-state index in [1.807, 2.05) is 12.1 Å². The van der Waals surface area contributed by atoms with Gasteiger partial charge in [0.05, 0.1) is 6.54 Å². The first kappa shape index (κ1) is 15.6. The number of hydrogen-bond acceptors (Lipinski definition) is 3. The van der Waals surface area contributed by atoms with Gasteiger partial charge in [-0.05, 0) is 28.8 Å². The highest BCUT2D eigenvalue weighted by Gasteiger charge is 2.11. The van der Waals surface area contributed by atoms with Crippen molar-refractivity contribution in [2.45, 2.75) is 26.3 Å². The van der Waals surface area contributed by atoms with Gasteiger partial charge < -0.3 is 0 Å². The summed E-state index contributed by atoms with van der Waals surface area (Å²) in [5.41, 5.74) is 2.48. The highest BCUT2D eigenvalue weighted by Crippen LogP contribution is 2.21. The summed E-state index contributed by atoms with van der Waals surface area (Å²) in [5, 5.41) is 12.7. The molecule has 1 heterocycles. The van der Waals surface area contributed by atoms with E-state index in [1.54, 1.807) is 12.1 Å². The highest BCUT2D eigenvalue weighted by molar-refractivity contribution is 6.31. The fraction of sp³-hybridized carbons (Fsp3) is 0.235. The summed E-state index contributed by atoms with van der Waals surface area (Å²) < 4.78 is 13.8. The standard InChI is InChI=1S/C17H16ClFN4/c1-11(2)12-6-8-13(9-7-12)17-20-22-23(21-17)10-14-15(18)4-3-5-16(14)19/h3-9,11H,10H2,1-2H3. The van der Waals surface area contributed by atoms with Crippen molar-refractivity contribution in [3.63, 3.8) is 0 Å². The summed E-state index contributed by atoms with van der Waals surface area (Å²) >= 11 is 6.02.